The fourth-order valence-corrected chi connectivity index (χ4v) is 7.79. The van der Waals surface area contributed by atoms with Crippen molar-refractivity contribution >= 4 is 11.8 Å². The number of rotatable bonds is 6. The van der Waals surface area contributed by atoms with Crippen LogP contribution < -0.4 is 0 Å². The number of hydrogen-bond donors (Lipinski definition) is 0. The molecule has 3 saturated carbocycles. The lowest BCUT2D eigenvalue weighted by Gasteiger charge is -2.60. The zero-order valence-electron chi connectivity index (χ0n) is 21.4. The van der Waals surface area contributed by atoms with E-state index in [2.05, 4.69) is 13.8 Å². The molecule has 2 aromatic rings. The standard InChI is InChI=1S/C32H40O3/c1-31-19-7-6-10-28(31)32(2)21-18-27(22-26(32)17-20-31)35-29(33)16-13-23-11-14-25(15-12-23)30(34)24-8-4-3-5-9-24/h3-5,8-9,11-12,14-15,26-28H,6-7,10,13,16-22H2,1-2H3/t26-,27+,28-,31+,32-/m0/s1. The van der Waals surface area contributed by atoms with Crippen molar-refractivity contribution in [3.8, 4) is 0 Å². The van der Waals surface area contributed by atoms with Crippen molar-refractivity contribution in [2.75, 3.05) is 0 Å². The Labute approximate surface area is 210 Å². The fraction of sp³-hybridized carbons (Fsp3) is 0.562. The van der Waals surface area contributed by atoms with Gasteiger partial charge in [0, 0.05) is 17.5 Å². The van der Waals surface area contributed by atoms with E-state index in [4.69, 9.17) is 4.74 Å². The Balaban J connectivity index is 1.12. The molecule has 3 aliphatic carbocycles. The molecule has 5 atom stereocenters. The van der Waals surface area contributed by atoms with Crippen molar-refractivity contribution in [3.05, 3.63) is 71.3 Å². The molecule has 186 valence electrons. The molecule has 0 unspecified atom stereocenters. The fourth-order valence-electron chi connectivity index (χ4n) is 7.79. The smallest absolute Gasteiger partial charge is 0.306 e. The van der Waals surface area contributed by atoms with Crippen LogP contribution in [0.25, 0.3) is 0 Å². The molecule has 0 amide bonds. The molecule has 0 saturated heterocycles. The number of fused-ring (bicyclic) bond motifs is 3. The number of benzene rings is 2. The summed E-state index contributed by atoms with van der Waals surface area (Å²) in [6, 6.07) is 17.0. The van der Waals surface area contributed by atoms with Gasteiger partial charge in [0.1, 0.15) is 6.10 Å². The van der Waals surface area contributed by atoms with Gasteiger partial charge in [-0.3, -0.25) is 9.59 Å². The van der Waals surface area contributed by atoms with Crippen LogP contribution in [-0.2, 0) is 16.0 Å². The van der Waals surface area contributed by atoms with Crippen LogP contribution in [-0.4, -0.2) is 17.9 Å². The predicted molar refractivity (Wildman–Crippen MR) is 139 cm³/mol. The van der Waals surface area contributed by atoms with E-state index in [1.165, 1.54) is 44.9 Å². The van der Waals surface area contributed by atoms with Crippen LogP contribution in [0.1, 0.15) is 99.5 Å². The quantitative estimate of drug-likeness (QED) is 0.322. The number of carbonyl (C=O) groups excluding carboxylic acids is 2. The molecule has 0 spiro atoms. The first-order valence-corrected chi connectivity index (χ1v) is 13.8. The van der Waals surface area contributed by atoms with Gasteiger partial charge in [0.2, 0.25) is 0 Å². The number of esters is 1. The zero-order chi connectivity index (χ0) is 24.5. The first-order valence-electron chi connectivity index (χ1n) is 13.8. The van der Waals surface area contributed by atoms with Gasteiger partial charge in [0.15, 0.2) is 5.78 Å². The van der Waals surface area contributed by atoms with Gasteiger partial charge < -0.3 is 4.74 Å². The number of ketones is 1. The third kappa shape index (κ3) is 4.97. The van der Waals surface area contributed by atoms with E-state index in [-0.39, 0.29) is 17.9 Å². The Hall–Kier alpha value is -2.42. The molecule has 35 heavy (non-hydrogen) atoms. The summed E-state index contributed by atoms with van der Waals surface area (Å²) in [4.78, 5) is 25.3. The summed E-state index contributed by atoms with van der Waals surface area (Å²) in [5, 5.41) is 0. The van der Waals surface area contributed by atoms with E-state index in [1.54, 1.807) is 0 Å². The topological polar surface area (TPSA) is 43.4 Å². The van der Waals surface area contributed by atoms with Crippen LogP contribution in [0.3, 0.4) is 0 Å². The van der Waals surface area contributed by atoms with E-state index in [0.29, 0.717) is 40.7 Å². The predicted octanol–water partition coefficient (Wildman–Crippen LogP) is 7.56. The lowest BCUT2D eigenvalue weighted by Crippen LogP contribution is -2.53. The van der Waals surface area contributed by atoms with Gasteiger partial charge >= 0.3 is 5.97 Å². The summed E-state index contributed by atoms with van der Waals surface area (Å²) in [6.45, 7) is 5.10. The summed E-state index contributed by atoms with van der Waals surface area (Å²) in [7, 11) is 0. The SMILES string of the molecule is C[C@]12CCCC[C@@H]1[C@@]1(C)CC[C@@H](OC(=O)CCc3ccc(C(=O)c4ccccc4)cc3)C[C@@H]1CC2. The number of aryl methyl sites for hydroxylation is 1. The zero-order valence-corrected chi connectivity index (χ0v) is 21.4. The minimum Gasteiger partial charge on any atom is -0.462 e. The lowest BCUT2D eigenvalue weighted by atomic mass is 9.45. The van der Waals surface area contributed by atoms with Crippen LogP contribution in [0.15, 0.2) is 54.6 Å². The van der Waals surface area contributed by atoms with Gasteiger partial charge in [-0.2, -0.15) is 0 Å². The molecule has 0 aliphatic heterocycles. The second kappa shape index (κ2) is 9.91. The average molecular weight is 473 g/mol. The molecule has 0 heterocycles. The molecule has 3 heteroatoms. The van der Waals surface area contributed by atoms with Gasteiger partial charge in [-0.15, -0.1) is 0 Å². The second-order valence-electron chi connectivity index (χ2n) is 12.0. The number of ether oxygens (including phenoxy) is 1. The van der Waals surface area contributed by atoms with Crippen LogP contribution >= 0.6 is 0 Å². The van der Waals surface area contributed by atoms with Crippen molar-refractivity contribution in [1.29, 1.82) is 0 Å². The van der Waals surface area contributed by atoms with Crippen molar-refractivity contribution in [2.45, 2.75) is 90.6 Å². The molecule has 0 N–H and O–H groups in total. The van der Waals surface area contributed by atoms with E-state index in [9.17, 15) is 9.59 Å². The maximum absolute atomic E-state index is 12.7. The number of carbonyl (C=O) groups is 2. The first kappa shape index (κ1) is 24.3. The highest BCUT2D eigenvalue weighted by atomic mass is 16.5. The minimum absolute atomic E-state index is 0.0251. The maximum atomic E-state index is 12.7. The van der Waals surface area contributed by atoms with Crippen LogP contribution in [0, 0.1) is 22.7 Å². The van der Waals surface area contributed by atoms with Crippen LogP contribution in [0.2, 0.25) is 0 Å². The Morgan fingerprint density at radius 1 is 0.857 bits per heavy atom. The average Bonchev–Trinajstić information content (AvgIpc) is 2.88. The molecule has 0 aromatic heterocycles. The Morgan fingerprint density at radius 3 is 2.37 bits per heavy atom. The van der Waals surface area contributed by atoms with E-state index in [0.717, 1.165) is 24.3 Å². The Bertz CT molecular complexity index is 1040. The second-order valence-corrected chi connectivity index (χ2v) is 12.0. The number of hydrogen-bond acceptors (Lipinski definition) is 3. The van der Waals surface area contributed by atoms with E-state index in [1.807, 2.05) is 54.6 Å². The van der Waals surface area contributed by atoms with Gasteiger partial charge in [-0.05, 0) is 79.6 Å². The molecule has 0 bridgehead atoms. The normalized spacial score (nSPS) is 32.2. The summed E-state index contributed by atoms with van der Waals surface area (Å²) in [6.07, 6.45) is 12.6. The summed E-state index contributed by atoms with van der Waals surface area (Å²) >= 11 is 0. The van der Waals surface area contributed by atoms with Gasteiger partial charge in [-0.25, -0.2) is 0 Å². The van der Waals surface area contributed by atoms with Crippen LogP contribution in [0.5, 0.6) is 0 Å². The molecule has 3 nitrogen and oxygen atoms in total. The van der Waals surface area contributed by atoms with Gasteiger partial charge in [-0.1, -0.05) is 81.3 Å². The molecule has 2 aromatic carbocycles. The van der Waals surface area contributed by atoms with E-state index >= 15 is 0 Å². The minimum atomic E-state index is -0.0821. The molecular weight excluding hydrogens is 432 g/mol. The molecule has 5 rings (SSSR count). The largest absolute Gasteiger partial charge is 0.462 e. The highest BCUT2D eigenvalue weighted by Gasteiger charge is 2.55. The first-order chi connectivity index (χ1) is 16.9. The van der Waals surface area contributed by atoms with Gasteiger partial charge in [0.05, 0.1) is 0 Å². The molecule has 0 radical (unpaired) electrons. The highest BCUT2D eigenvalue weighted by Crippen LogP contribution is 2.63. The van der Waals surface area contributed by atoms with E-state index < -0.39 is 0 Å². The van der Waals surface area contributed by atoms with Crippen LogP contribution in [0.4, 0.5) is 0 Å². The maximum Gasteiger partial charge on any atom is 0.306 e. The van der Waals surface area contributed by atoms with Crippen molar-refractivity contribution < 1.29 is 14.3 Å². The van der Waals surface area contributed by atoms with Crippen molar-refractivity contribution in [1.82, 2.24) is 0 Å². The Kier molecular flexibility index (Phi) is 6.88. The summed E-state index contributed by atoms with van der Waals surface area (Å²) < 4.78 is 5.99. The highest BCUT2D eigenvalue weighted by molar-refractivity contribution is 6.08. The third-order valence-electron chi connectivity index (χ3n) is 9.84. The third-order valence-corrected chi connectivity index (χ3v) is 9.84. The van der Waals surface area contributed by atoms with Crippen molar-refractivity contribution in [3.63, 3.8) is 0 Å². The molecule has 3 fully saturated rings. The van der Waals surface area contributed by atoms with Crippen molar-refractivity contribution in [2.24, 2.45) is 22.7 Å². The summed E-state index contributed by atoms with van der Waals surface area (Å²) in [5.41, 5.74) is 3.39. The molecule has 3 aliphatic rings. The Morgan fingerprint density at radius 2 is 1.60 bits per heavy atom. The van der Waals surface area contributed by atoms with Gasteiger partial charge in [0.25, 0.3) is 0 Å². The molecular formula is C32H40O3. The lowest BCUT2D eigenvalue weighted by molar-refractivity contribution is -0.162. The summed E-state index contributed by atoms with van der Waals surface area (Å²) in [5.74, 6) is 1.48. The monoisotopic (exact) mass is 472 g/mol.